The molecule has 0 atom stereocenters. The van der Waals surface area contributed by atoms with Crippen LogP contribution in [0.2, 0.25) is 0 Å². The summed E-state index contributed by atoms with van der Waals surface area (Å²) in [5.41, 5.74) is 15.3. The van der Waals surface area contributed by atoms with Crippen molar-refractivity contribution in [1.29, 1.82) is 0 Å². The molecule has 0 radical (unpaired) electrons. The van der Waals surface area contributed by atoms with Gasteiger partial charge in [0.05, 0.1) is 11.0 Å². The SMILES string of the molecule is CC1(C)c2cc(-c3ccccc3)ccc2-c2ccc(N(c3ccc(-c4ncncn4)cc3)c3ccc4c(c3)c3ccccc3n4-c3ccccc3)cc21. The molecule has 53 heavy (non-hydrogen) atoms. The van der Waals surface area contributed by atoms with Crippen LogP contribution in [0.1, 0.15) is 25.0 Å². The van der Waals surface area contributed by atoms with Crippen LogP contribution >= 0.6 is 0 Å². The summed E-state index contributed by atoms with van der Waals surface area (Å²) in [5, 5.41) is 2.43. The number of nitrogens with zero attached hydrogens (tertiary/aromatic N) is 5. The number of rotatable bonds is 6. The molecule has 5 heteroatoms. The third-order valence-corrected chi connectivity index (χ3v) is 10.8. The van der Waals surface area contributed by atoms with Crippen molar-refractivity contribution in [1.82, 2.24) is 19.5 Å². The zero-order chi connectivity index (χ0) is 35.5. The standard InChI is InChI=1S/C48H35N5/c1-48(2)43-27-34(32-11-5-3-6-12-32)19-24-39(43)40-25-22-38(29-44(40)48)52(36-20-17-33(18-21-36)47-50-30-49-31-51-47)37-23-26-46-42(28-37)41-15-9-10-16-45(41)53(46)35-13-7-4-8-14-35/h3-31H,1-2H3. The van der Waals surface area contributed by atoms with Gasteiger partial charge < -0.3 is 9.47 Å². The van der Waals surface area contributed by atoms with Gasteiger partial charge in [0.25, 0.3) is 0 Å². The third-order valence-electron chi connectivity index (χ3n) is 10.8. The number of anilines is 3. The smallest absolute Gasteiger partial charge is 0.162 e. The van der Waals surface area contributed by atoms with Gasteiger partial charge in [-0.05, 0) is 112 Å². The van der Waals surface area contributed by atoms with Crippen LogP contribution in [0.4, 0.5) is 17.1 Å². The summed E-state index contributed by atoms with van der Waals surface area (Å²) in [7, 11) is 0. The van der Waals surface area contributed by atoms with Crippen molar-refractivity contribution >= 4 is 38.9 Å². The van der Waals surface area contributed by atoms with Gasteiger partial charge >= 0.3 is 0 Å². The van der Waals surface area contributed by atoms with Crippen molar-refractivity contribution in [2.24, 2.45) is 0 Å². The molecule has 0 fully saturated rings. The van der Waals surface area contributed by atoms with Crippen molar-refractivity contribution in [2.75, 3.05) is 4.90 Å². The van der Waals surface area contributed by atoms with Gasteiger partial charge in [-0.15, -0.1) is 0 Å². The van der Waals surface area contributed by atoms with Gasteiger partial charge in [0.2, 0.25) is 0 Å². The Morgan fingerprint density at radius 2 is 1.06 bits per heavy atom. The summed E-state index contributed by atoms with van der Waals surface area (Å²) in [6.45, 7) is 4.71. The van der Waals surface area contributed by atoms with E-state index in [9.17, 15) is 0 Å². The van der Waals surface area contributed by atoms with E-state index in [2.05, 4.69) is 202 Å². The number of fused-ring (bicyclic) bond motifs is 6. The van der Waals surface area contributed by atoms with Crippen molar-refractivity contribution in [3.63, 3.8) is 0 Å². The van der Waals surface area contributed by atoms with Gasteiger partial charge in [-0.2, -0.15) is 0 Å². The van der Waals surface area contributed by atoms with E-state index >= 15 is 0 Å². The molecule has 0 saturated heterocycles. The fraction of sp³-hybridized carbons (Fsp3) is 0.0625. The Balaban J connectivity index is 1.14. The Bertz CT molecular complexity index is 2790. The molecular weight excluding hydrogens is 647 g/mol. The number of hydrogen-bond acceptors (Lipinski definition) is 4. The minimum Gasteiger partial charge on any atom is -0.310 e. The van der Waals surface area contributed by atoms with Gasteiger partial charge in [0.15, 0.2) is 5.82 Å². The largest absolute Gasteiger partial charge is 0.310 e. The summed E-state index contributed by atoms with van der Waals surface area (Å²) >= 11 is 0. The minimum absolute atomic E-state index is 0.188. The molecule has 7 aromatic carbocycles. The van der Waals surface area contributed by atoms with Crippen molar-refractivity contribution in [3.05, 3.63) is 188 Å². The van der Waals surface area contributed by atoms with Crippen molar-refractivity contribution in [2.45, 2.75) is 19.3 Å². The topological polar surface area (TPSA) is 46.8 Å². The van der Waals surface area contributed by atoms with E-state index in [1.54, 1.807) is 0 Å². The van der Waals surface area contributed by atoms with Gasteiger partial charge in [0.1, 0.15) is 12.7 Å². The van der Waals surface area contributed by atoms with Gasteiger partial charge in [-0.3, -0.25) is 0 Å². The van der Waals surface area contributed by atoms with E-state index in [0.29, 0.717) is 5.82 Å². The molecule has 0 N–H and O–H groups in total. The lowest BCUT2D eigenvalue weighted by atomic mass is 9.81. The zero-order valence-electron chi connectivity index (χ0n) is 29.5. The summed E-state index contributed by atoms with van der Waals surface area (Å²) in [6.07, 6.45) is 3.08. The number of benzene rings is 7. The summed E-state index contributed by atoms with van der Waals surface area (Å²) < 4.78 is 2.36. The predicted molar refractivity (Wildman–Crippen MR) is 217 cm³/mol. The maximum atomic E-state index is 4.39. The first-order valence-electron chi connectivity index (χ1n) is 18.0. The normalized spacial score (nSPS) is 12.9. The second-order valence-corrected chi connectivity index (χ2v) is 14.2. The van der Waals surface area contributed by atoms with E-state index in [0.717, 1.165) is 28.3 Å². The van der Waals surface area contributed by atoms with Crippen LogP contribution in [0.15, 0.2) is 176 Å². The zero-order valence-corrected chi connectivity index (χ0v) is 29.5. The van der Waals surface area contributed by atoms with Crippen molar-refractivity contribution < 1.29 is 0 Å². The molecule has 2 aromatic heterocycles. The van der Waals surface area contributed by atoms with Crippen LogP contribution in [0.5, 0.6) is 0 Å². The monoisotopic (exact) mass is 681 g/mol. The fourth-order valence-electron chi connectivity index (χ4n) is 8.23. The van der Waals surface area contributed by atoms with Crippen LogP contribution in [0.3, 0.4) is 0 Å². The first-order chi connectivity index (χ1) is 26.0. The molecular formula is C48H35N5. The van der Waals surface area contributed by atoms with Crippen LogP contribution in [0, 0.1) is 0 Å². The number of aromatic nitrogens is 4. The highest BCUT2D eigenvalue weighted by molar-refractivity contribution is 6.10. The number of para-hydroxylation sites is 2. The Morgan fingerprint density at radius 1 is 0.472 bits per heavy atom. The molecule has 0 unspecified atom stereocenters. The minimum atomic E-state index is -0.188. The highest BCUT2D eigenvalue weighted by atomic mass is 15.1. The van der Waals surface area contributed by atoms with E-state index in [-0.39, 0.29) is 5.41 Å². The third kappa shape index (κ3) is 5.04. The quantitative estimate of drug-likeness (QED) is 0.175. The Labute approximate surface area is 308 Å². The molecule has 252 valence electrons. The predicted octanol–water partition coefficient (Wildman–Crippen LogP) is 12.1. The first-order valence-corrected chi connectivity index (χ1v) is 18.0. The first kappa shape index (κ1) is 30.9. The molecule has 0 saturated carbocycles. The molecule has 0 aliphatic heterocycles. The van der Waals surface area contributed by atoms with Crippen LogP contribution in [-0.4, -0.2) is 19.5 Å². The summed E-state index contributed by atoms with van der Waals surface area (Å²) in [5.74, 6) is 0.653. The van der Waals surface area contributed by atoms with Gasteiger partial charge in [-0.1, -0.05) is 98.8 Å². The average Bonchev–Trinajstić information content (AvgIpc) is 3.67. The van der Waals surface area contributed by atoms with Crippen molar-refractivity contribution in [3.8, 4) is 39.3 Å². The fourth-order valence-corrected chi connectivity index (χ4v) is 8.23. The van der Waals surface area contributed by atoms with E-state index < -0.39 is 0 Å². The molecule has 0 spiro atoms. The molecule has 0 amide bonds. The highest BCUT2D eigenvalue weighted by Gasteiger charge is 2.36. The van der Waals surface area contributed by atoms with Gasteiger partial charge in [0, 0.05) is 44.5 Å². The lowest BCUT2D eigenvalue weighted by Gasteiger charge is -2.28. The molecule has 5 nitrogen and oxygen atoms in total. The lowest BCUT2D eigenvalue weighted by Crippen LogP contribution is -2.16. The van der Waals surface area contributed by atoms with Crippen LogP contribution in [0.25, 0.3) is 61.1 Å². The average molecular weight is 682 g/mol. The second kappa shape index (κ2) is 12.1. The maximum Gasteiger partial charge on any atom is 0.162 e. The van der Waals surface area contributed by atoms with E-state index in [1.807, 2.05) is 0 Å². The lowest BCUT2D eigenvalue weighted by molar-refractivity contribution is 0.660. The molecule has 9 aromatic rings. The molecule has 0 bridgehead atoms. The highest BCUT2D eigenvalue weighted by Crippen LogP contribution is 2.52. The molecule has 10 rings (SSSR count). The summed E-state index contributed by atoms with van der Waals surface area (Å²) in [6, 6.07) is 59.3. The van der Waals surface area contributed by atoms with E-state index in [1.165, 1.54) is 67.8 Å². The van der Waals surface area contributed by atoms with Crippen LogP contribution in [-0.2, 0) is 5.41 Å². The Kier molecular flexibility index (Phi) is 7.08. The number of hydrogen-bond donors (Lipinski definition) is 0. The Morgan fingerprint density at radius 3 is 1.83 bits per heavy atom. The van der Waals surface area contributed by atoms with Gasteiger partial charge in [-0.25, -0.2) is 15.0 Å². The van der Waals surface area contributed by atoms with Crippen LogP contribution < -0.4 is 4.90 Å². The molecule has 1 aliphatic rings. The maximum absolute atomic E-state index is 4.39. The second-order valence-electron chi connectivity index (χ2n) is 14.2. The summed E-state index contributed by atoms with van der Waals surface area (Å²) in [4.78, 5) is 15.2. The molecule has 2 heterocycles. The molecule has 1 aliphatic carbocycles. The Hall–Kier alpha value is -6.85. The van der Waals surface area contributed by atoms with E-state index in [4.69, 9.17) is 0 Å².